The van der Waals surface area contributed by atoms with Gasteiger partial charge < -0.3 is 0 Å². The summed E-state index contributed by atoms with van der Waals surface area (Å²) in [4.78, 5) is 11.2. The van der Waals surface area contributed by atoms with Crippen molar-refractivity contribution in [3.8, 4) is 0 Å². The predicted octanol–water partition coefficient (Wildman–Crippen LogP) is 2.60. The van der Waals surface area contributed by atoms with E-state index in [0.717, 1.165) is 35.6 Å². The fraction of sp³-hybridized carbons (Fsp3) is 0.667. The van der Waals surface area contributed by atoms with Crippen LogP contribution in [0.15, 0.2) is 0 Å². The van der Waals surface area contributed by atoms with Crippen molar-refractivity contribution in [2.45, 2.75) is 43.9 Å². The highest BCUT2D eigenvalue weighted by Crippen LogP contribution is 2.33. The maximum atomic E-state index is 11.2. The van der Waals surface area contributed by atoms with E-state index in [2.05, 4.69) is 5.10 Å². The van der Waals surface area contributed by atoms with E-state index in [0.29, 0.717) is 6.04 Å². The summed E-state index contributed by atoms with van der Waals surface area (Å²) in [5.41, 5.74) is 3.24. The summed E-state index contributed by atoms with van der Waals surface area (Å²) >= 11 is 1.92. The number of rotatable bonds is 2. The molecule has 0 bridgehead atoms. The molecule has 2 heterocycles. The first-order valence-electron chi connectivity index (χ1n) is 6.03. The summed E-state index contributed by atoms with van der Waals surface area (Å²) in [5, 5.41) is 4.67. The fourth-order valence-electron chi connectivity index (χ4n) is 2.81. The van der Waals surface area contributed by atoms with Crippen LogP contribution in [-0.2, 0) is 12.2 Å². The molecule has 2 aliphatic rings. The monoisotopic (exact) mass is 236 g/mol. The minimum Gasteiger partial charge on any atom is -0.296 e. The molecule has 1 aromatic heterocycles. The number of aromatic nitrogens is 2. The molecule has 0 N–H and O–H groups in total. The Morgan fingerprint density at radius 2 is 2.19 bits per heavy atom. The van der Waals surface area contributed by atoms with Gasteiger partial charge in [-0.3, -0.25) is 9.48 Å². The molecule has 1 aliphatic carbocycles. The van der Waals surface area contributed by atoms with Gasteiger partial charge in [0.05, 0.1) is 11.7 Å². The average molecular weight is 236 g/mol. The Kier molecular flexibility index (Phi) is 2.75. The van der Waals surface area contributed by atoms with E-state index in [1.807, 2.05) is 16.4 Å². The van der Waals surface area contributed by atoms with Gasteiger partial charge in [0.15, 0.2) is 6.29 Å². The van der Waals surface area contributed by atoms with E-state index in [1.54, 1.807) is 0 Å². The minimum absolute atomic E-state index is 0.482. The van der Waals surface area contributed by atoms with Crippen molar-refractivity contribution >= 4 is 18.0 Å². The maximum Gasteiger partial charge on any atom is 0.168 e. The second kappa shape index (κ2) is 4.24. The number of nitrogens with zero attached hydrogens (tertiary/aromatic N) is 2. The molecule has 16 heavy (non-hydrogen) atoms. The van der Waals surface area contributed by atoms with Crippen LogP contribution in [0.5, 0.6) is 0 Å². The van der Waals surface area contributed by atoms with Crippen molar-refractivity contribution in [1.82, 2.24) is 9.78 Å². The number of carbonyl (C=O) groups excluding carboxylic acids is 1. The van der Waals surface area contributed by atoms with Crippen molar-refractivity contribution < 1.29 is 4.79 Å². The van der Waals surface area contributed by atoms with Crippen LogP contribution in [0.1, 0.15) is 53.5 Å². The van der Waals surface area contributed by atoms with Gasteiger partial charge in [-0.1, -0.05) is 12.8 Å². The average Bonchev–Trinajstić information content (AvgIpc) is 2.95. The van der Waals surface area contributed by atoms with Crippen LogP contribution >= 0.6 is 11.8 Å². The van der Waals surface area contributed by atoms with Crippen molar-refractivity contribution in [2.75, 3.05) is 5.75 Å². The highest BCUT2D eigenvalue weighted by atomic mass is 32.2. The van der Waals surface area contributed by atoms with Gasteiger partial charge in [0, 0.05) is 11.3 Å². The van der Waals surface area contributed by atoms with Gasteiger partial charge in [0.2, 0.25) is 0 Å². The van der Waals surface area contributed by atoms with Gasteiger partial charge in [0.1, 0.15) is 5.69 Å². The summed E-state index contributed by atoms with van der Waals surface area (Å²) in [5.74, 6) is 2.11. The molecular formula is C12H16N2OS. The first kappa shape index (κ1) is 10.4. The molecule has 0 unspecified atom stereocenters. The van der Waals surface area contributed by atoms with Crippen molar-refractivity contribution in [3.63, 3.8) is 0 Å². The van der Waals surface area contributed by atoms with E-state index in [4.69, 9.17) is 0 Å². The molecule has 0 amide bonds. The van der Waals surface area contributed by atoms with E-state index >= 15 is 0 Å². The lowest BCUT2D eigenvalue weighted by Gasteiger charge is -2.11. The number of aldehydes is 1. The summed E-state index contributed by atoms with van der Waals surface area (Å²) in [6, 6.07) is 0.482. The van der Waals surface area contributed by atoms with Gasteiger partial charge in [0.25, 0.3) is 0 Å². The summed E-state index contributed by atoms with van der Waals surface area (Å²) < 4.78 is 2.02. The Morgan fingerprint density at radius 1 is 1.38 bits per heavy atom. The van der Waals surface area contributed by atoms with Gasteiger partial charge in [-0.2, -0.15) is 16.9 Å². The van der Waals surface area contributed by atoms with Crippen LogP contribution in [-0.4, -0.2) is 21.8 Å². The molecule has 3 nitrogen and oxygen atoms in total. The molecule has 1 aliphatic heterocycles. The Morgan fingerprint density at radius 3 is 2.94 bits per heavy atom. The van der Waals surface area contributed by atoms with Gasteiger partial charge in [-0.15, -0.1) is 0 Å². The van der Waals surface area contributed by atoms with Crippen LogP contribution in [0.4, 0.5) is 0 Å². The Bertz CT molecular complexity index is 407. The minimum atomic E-state index is 0.482. The Labute approximate surface area is 99.6 Å². The van der Waals surface area contributed by atoms with Gasteiger partial charge in [-0.05, 0) is 25.0 Å². The van der Waals surface area contributed by atoms with E-state index < -0.39 is 0 Å². The highest BCUT2D eigenvalue weighted by Gasteiger charge is 2.26. The fourth-order valence-corrected chi connectivity index (χ4v) is 3.73. The van der Waals surface area contributed by atoms with E-state index in [-0.39, 0.29) is 0 Å². The predicted molar refractivity (Wildman–Crippen MR) is 65.0 cm³/mol. The molecule has 0 atom stereocenters. The lowest BCUT2D eigenvalue weighted by Crippen LogP contribution is -2.10. The number of hydrogen-bond donors (Lipinski definition) is 0. The molecule has 0 saturated heterocycles. The molecular weight excluding hydrogens is 220 g/mol. The maximum absolute atomic E-state index is 11.2. The highest BCUT2D eigenvalue weighted by molar-refractivity contribution is 7.98. The molecule has 1 fully saturated rings. The van der Waals surface area contributed by atoms with E-state index in [1.165, 1.54) is 31.2 Å². The molecule has 1 aromatic rings. The second-order valence-electron chi connectivity index (χ2n) is 4.61. The smallest absolute Gasteiger partial charge is 0.168 e. The molecule has 4 heteroatoms. The van der Waals surface area contributed by atoms with Crippen LogP contribution in [0.25, 0.3) is 0 Å². The zero-order valence-electron chi connectivity index (χ0n) is 9.32. The lowest BCUT2D eigenvalue weighted by atomic mass is 10.1. The number of fused-ring (bicyclic) bond motifs is 1. The van der Waals surface area contributed by atoms with Crippen LogP contribution in [0, 0.1) is 0 Å². The molecule has 0 spiro atoms. The first-order valence-corrected chi connectivity index (χ1v) is 7.19. The lowest BCUT2D eigenvalue weighted by molar-refractivity contribution is 0.111. The van der Waals surface area contributed by atoms with Gasteiger partial charge in [-0.25, -0.2) is 0 Å². The van der Waals surface area contributed by atoms with Crippen molar-refractivity contribution in [1.29, 1.82) is 0 Å². The number of carbonyl (C=O) groups is 1. The first-order chi connectivity index (χ1) is 7.90. The van der Waals surface area contributed by atoms with E-state index in [9.17, 15) is 4.79 Å². The Balaban J connectivity index is 2.03. The molecule has 0 aromatic carbocycles. The molecule has 3 rings (SSSR count). The normalized spacial score (nSPS) is 21.0. The van der Waals surface area contributed by atoms with Crippen LogP contribution < -0.4 is 0 Å². The van der Waals surface area contributed by atoms with Crippen molar-refractivity contribution in [2.24, 2.45) is 0 Å². The quantitative estimate of drug-likeness (QED) is 0.740. The summed E-state index contributed by atoms with van der Waals surface area (Å²) in [7, 11) is 0. The second-order valence-corrected chi connectivity index (χ2v) is 5.72. The van der Waals surface area contributed by atoms with Gasteiger partial charge >= 0.3 is 0 Å². The summed E-state index contributed by atoms with van der Waals surface area (Å²) in [6.45, 7) is 0. The molecule has 86 valence electrons. The third-order valence-corrected chi connectivity index (χ3v) is 4.62. The zero-order chi connectivity index (χ0) is 11.0. The molecule has 0 radical (unpaired) electrons. The zero-order valence-corrected chi connectivity index (χ0v) is 10.1. The Hall–Kier alpha value is -0.770. The standard InChI is InChI=1S/C12H16N2OS/c15-7-12-10-5-6-16-8-11(10)13-14(12)9-3-1-2-4-9/h7,9H,1-6,8H2. The number of thioether (sulfide) groups is 1. The molecule has 1 saturated carbocycles. The largest absolute Gasteiger partial charge is 0.296 e. The third-order valence-electron chi connectivity index (χ3n) is 3.65. The van der Waals surface area contributed by atoms with Crippen LogP contribution in [0.3, 0.4) is 0 Å². The van der Waals surface area contributed by atoms with Crippen LogP contribution in [0.2, 0.25) is 0 Å². The van der Waals surface area contributed by atoms with Crippen molar-refractivity contribution in [3.05, 3.63) is 17.0 Å². The topological polar surface area (TPSA) is 34.9 Å². The SMILES string of the molecule is O=Cc1c2c(nn1C1CCCC1)CSCC2. The number of hydrogen-bond acceptors (Lipinski definition) is 3. The third kappa shape index (κ3) is 1.59. The summed E-state index contributed by atoms with van der Waals surface area (Å²) in [6.07, 6.45) is 6.97.